The van der Waals surface area contributed by atoms with E-state index in [1.54, 1.807) is 0 Å². The highest BCUT2D eigenvalue weighted by atomic mass is 15.1. The molecule has 2 heteroatoms. The molecule has 1 aromatic rings. The van der Waals surface area contributed by atoms with E-state index in [-0.39, 0.29) is 0 Å². The molecule has 16 heavy (non-hydrogen) atoms. The van der Waals surface area contributed by atoms with E-state index in [4.69, 9.17) is 5.26 Å². The van der Waals surface area contributed by atoms with Gasteiger partial charge < -0.3 is 0 Å². The molecule has 0 atom stereocenters. The van der Waals surface area contributed by atoms with Crippen LogP contribution in [0.5, 0.6) is 0 Å². The van der Waals surface area contributed by atoms with Gasteiger partial charge >= 0.3 is 0 Å². The third-order valence-corrected chi connectivity index (χ3v) is 3.04. The second kappa shape index (κ2) is 4.96. The molecule has 1 heterocycles. The van der Waals surface area contributed by atoms with Crippen molar-refractivity contribution < 1.29 is 0 Å². The Morgan fingerprint density at radius 1 is 1.25 bits per heavy atom. The van der Waals surface area contributed by atoms with Crippen LogP contribution >= 0.6 is 0 Å². The van der Waals surface area contributed by atoms with Crippen LogP contribution in [0.15, 0.2) is 30.8 Å². The number of nitriles is 1. The van der Waals surface area contributed by atoms with Crippen molar-refractivity contribution in [3.8, 4) is 6.07 Å². The second-order valence-corrected chi connectivity index (χ2v) is 4.28. The molecule has 0 N–H and O–H groups in total. The van der Waals surface area contributed by atoms with Gasteiger partial charge in [0, 0.05) is 6.54 Å². The average Bonchev–Trinajstić information content (AvgIpc) is 2.82. The van der Waals surface area contributed by atoms with Crippen LogP contribution < -0.4 is 0 Å². The highest BCUT2D eigenvalue weighted by Crippen LogP contribution is 2.17. The molecule has 1 aliphatic rings. The zero-order valence-corrected chi connectivity index (χ0v) is 9.45. The van der Waals surface area contributed by atoms with Crippen LogP contribution in [0, 0.1) is 11.3 Å². The van der Waals surface area contributed by atoms with Crippen LogP contribution in [-0.2, 0) is 0 Å². The van der Waals surface area contributed by atoms with Gasteiger partial charge in [-0.15, -0.1) is 0 Å². The molecular formula is C14H16N2. The number of benzene rings is 1. The van der Waals surface area contributed by atoms with Gasteiger partial charge in [0.15, 0.2) is 0 Å². The van der Waals surface area contributed by atoms with Crippen LogP contribution in [0.25, 0.3) is 5.57 Å². The maximum absolute atomic E-state index is 8.72. The van der Waals surface area contributed by atoms with E-state index in [1.807, 2.05) is 24.3 Å². The Morgan fingerprint density at radius 2 is 1.88 bits per heavy atom. The Kier molecular flexibility index (Phi) is 3.38. The Hall–Kier alpha value is -1.59. The lowest BCUT2D eigenvalue weighted by Gasteiger charge is -2.16. The number of hydrogen-bond acceptors (Lipinski definition) is 2. The van der Waals surface area contributed by atoms with Gasteiger partial charge in [-0.2, -0.15) is 5.26 Å². The molecule has 2 nitrogen and oxygen atoms in total. The maximum atomic E-state index is 8.72. The monoisotopic (exact) mass is 212 g/mol. The highest BCUT2D eigenvalue weighted by molar-refractivity contribution is 5.65. The van der Waals surface area contributed by atoms with Gasteiger partial charge in [0.1, 0.15) is 0 Å². The van der Waals surface area contributed by atoms with Gasteiger partial charge in [0.05, 0.1) is 11.6 Å². The van der Waals surface area contributed by atoms with Crippen LogP contribution in [0.2, 0.25) is 0 Å². The predicted octanol–water partition coefficient (Wildman–Crippen LogP) is 2.67. The number of nitrogens with zero attached hydrogens (tertiary/aromatic N) is 2. The van der Waals surface area contributed by atoms with Gasteiger partial charge in [0.2, 0.25) is 0 Å². The lowest BCUT2D eigenvalue weighted by atomic mass is 10.1. The Bertz CT molecular complexity index is 405. The van der Waals surface area contributed by atoms with Crippen LogP contribution in [-0.4, -0.2) is 24.5 Å². The molecule has 2 rings (SSSR count). The Balaban J connectivity index is 2.00. The standard InChI is InChI=1S/C14H16N2/c1-12(11-16-8-2-3-9-16)14-6-4-13(10-15)5-7-14/h4-7H,1-3,8-9,11H2. The third kappa shape index (κ3) is 2.50. The first kappa shape index (κ1) is 10.9. The smallest absolute Gasteiger partial charge is 0.0991 e. The SMILES string of the molecule is C=C(CN1CCCC1)c1ccc(C#N)cc1. The summed E-state index contributed by atoms with van der Waals surface area (Å²) in [7, 11) is 0. The van der Waals surface area contributed by atoms with Gasteiger partial charge in [-0.25, -0.2) is 0 Å². The van der Waals surface area contributed by atoms with Crippen LogP contribution in [0.1, 0.15) is 24.0 Å². The average molecular weight is 212 g/mol. The van der Waals surface area contributed by atoms with Crippen molar-refractivity contribution in [2.75, 3.05) is 19.6 Å². The molecule has 0 amide bonds. The molecule has 82 valence electrons. The zero-order valence-electron chi connectivity index (χ0n) is 9.45. The summed E-state index contributed by atoms with van der Waals surface area (Å²) < 4.78 is 0. The van der Waals surface area contributed by atoms with Crippen LogP contribution in [0.3, 0.4) is 0 Å². The van der Waals surface area contributed by atoms with E-state index in [1.165, 1.54) is 25.9 Å². The first-order valence-corrected chi connectivity index (χ1v) is 5.70. The lowest BCUT2D eigenvalue weighted by molar-refractivity contribution is 0.383. The lowest BCUT2D eigenvalue weighted by Crippen LogP contribution is -2.21. The molecule has 1 saturated heterocycles. The van der Waals surface area contributed by atoms with Gasteiger partial charge in [-0.3, -0.25) is 4.90 Å². The fraction of sp³-hybridized carbons (Fsp3) is 0.357. The normalized spacial score (nSPS) is 15.9. The minimum Gasteiger partial charge on any atom is -0.299 e. The van der Waals surface area contributed by atoms with E-state index >= 15 is 0 Å². The molecule has 1 aliphatic heterocycles. The summed E-state index contributed by atoms with van der Waals surface area (Å²) in [5, 5.41) is 8.72. The summed E-state index contributed by atoms with van der Waals surface area (Å²) >= 11 is 0. The van der Waals surface area contributed by atoms with Crippen molar-refractivity contribution in [2.45, 2.75) is 12.8 Å². The van der Waals surface area contributed by atoms with Crippen molar-refractivity contribution >= 4 is 5.57 Å². The van der Waals surface area contributed by atoms with E-state index in [2.05, 4.69) is 17.5 Å². The Labute approximate surface area is 96.8 Å². The fourth-order valence-electron chi connectivity index (χ4n) is 2.08. The zero-order chi connectivity index (χ0) is 11.4. The summed E-state index contributed by atoms with van der Waals surface area (Å²) in [6, 6.07) is 9.80. The number of rotatable bonds is 3. The molecule has 0 spiro atoms. The molecule has 0 unspecified atom stereocenters. The first-order chi connectivity index (χ1) is 7.79. The fourth-order valence-corrected chi connectivity index (χ4v) is 2.08. The highest BCUT2D eigenvalue weighted by Gasteiger charge is 2.12. The summed E-state index contributed by atoms with van der Waals surface area (Å²) in [6.07, 6.45) is 2.61. The molecular weight excluding hydrogens is 196 g/mol. The van der Waals surface area contributed by atoms with E-state index < -0.39 is 0 Å². The van der Waals surface area contributed by atoms with E-state index in [0.717, 1.165) is 17.7 Å². The van der Waals surface area contributed by atoms with Crippen molar-refractivity contribution in [1.29, 1.82) is 5.26 Å². The van der Waals surface area contributed by atoms with Crippen molar-refractivity contribution in [3.63, 3.8) is 0 Å². The molecule has 0 aromatic heterocycles. The van der Waals surface area contributed by atoms with Gasteiger partial charge in [-0.05, 0) is 49.2 Å². The largest absolute Gasteiger partial charge is 0.299 e. The molecule has 1 aromatic carbocycles. The molecule has 0 aliphatic carbocycles. The quantitative estimate of drug-likeness (QED) is 0.770. The maximum Gasteiger partial charge on any atom is 0.0991 e. The minimum absolute atomic E-state index is 0.706. The van der Waals surface area contributed by atoms with E-state index in [0.29, 0.717) is 5.56 Å². The Morgan fingerprint density at radius 3 is 2.44 bits per heavy atom. The summed E-state index contributed by atoms with van der Waals surface area (Å²) in [6.45, 7) is 7.45. The predicted molar refractivity (Wildman–Crippen MR) is 65.9 cm³/mol. The van der Waals surface area contributed by atoms with Crippen molar-refractivity contribution in [3.05, 3.63) is 42.0 Å². The number of hydrogen-bond donors (Lipinski definition) is 0. The summed E-state index contributed by atoms with van der Waals surface area (Å²) in [5.74, 6) is 0. The van der Waals surface area contributed by atoms with Gasteiger partial charge in [-0.1, -0.05) is 18.7 Å². The molecule has 0 saturated carbocycles. The van der Waals surface area contributed by atoms with Crippen molar-refractivity contribution in [1.82, 2.24) is 4.90 Å². The molecule has 1 fully saturated rings. The third-order valence-electron chi connectivity index (χ3n) is 3.04. The first-order valence-electron chi connectivity index (χ1n) is 5.70. The van der Waals surface area contributed by atoms with Gasteiger partial charge in [0.25, 0.3) is 0 Å². The van der Waals surface area contributed by atoms with Crippen LogP contribution in [0.4, 0.5) is 0 Å². The molecule has 0 radical (unpaired) electrons. The second-order valence-electron chi connectivity index (χ2n) is 4.28. The summed E-state index contributed by atoms with van der Waals surface area (Å²) in [4.78, 5) is 2.43. The molecule has 0 bridgehead atoms. The topological polar surface area (TPSA) is 27.0 Å². The summed E-state index contributed by atoms with van der Waals surface area (Å²) in [5.41, 5.74) is 3.00. The minimum atomic E-state index is 0.706. The van der Waals surface area contributed by atoms with Crippen molar-refractivity contribution in [2.24, 2.45) is 0 Å². The van der Waals surface area contributed by atoms with E-state index in [9.17, 15) is 0 Å². The number of likely N-dealkylation sites (tertiary alicyclic amines) is 1.